The minimum Gasteiger partial charge on any atom is -0.461 e. The van der Waals surface area contributed by atoms with Crippen molar-refractivity contribution in [1.29, 1.82) is 0 Å². The molecule has 0 unspecified atom stereocenters. The normalized spacial score (nSPS) is 10.5. The molecule has 0 aliphatic heterocycles. The van der Waals surface area contributed by atoms with E-state index in [0.29, 0.717) is 13.0 Å². The summed E-state index contributed by atoms with van der Waals surface area (Å²) in [5.74, 6) is -0.129. The van der Waals surface area contributed by atoms with Crippen LogP contribution in [0.1, 0.15) is 39.5 Å². The van der Waals surface area contributed by atoms with Crippen LogP contribution in [0.5, 0.6) is 0 Å². The molecule has 0 aromatic heterocycles. The van der Waals surface area contributed by atoms with E-state index in [1.807, 2.05) is 6.08 Å². The van der Waals surface area contributed by atoms with Crippen molar-refractivity contribution in [3.05, 3.63) is 12.2 Å². The van der Waals surface area contributed by atoms with E-state index in [0.717, 1.165) is 6.42 Å². The van der Waals surface area contributed by atoms with Gasteiger partial charge in [-0.05, 0) is 6.42 Å². The fraction of sp³-hybridized carbons (Fsp3) is 0.700. The summed E-state index contributed by atoms with van der Waals surface area (Å²) < 4.78 is 4.85. The molecule has 12 heavy (non-hydrogen) atoms. The molecule has 0 heterocycles. The van der Waals surface area contributed by atoms with Gasteiger partial charge in [0.2, 0.25) is 0 Å². The highest BCUT2D eigenvalue weighted by molar-refractivity contribution is 5.68. The lowest BCUT2D eigenvalue weighted by atomic mass is 10.2. The quantitative estimate of drug-likeness (QED) is 0.348. The third kappa shape index (κ3) is 7.32. The van der Waals surface area contributed by atoms with Crippen molar-refractivity contribution in [2.75, 3.05) is 6.61 Å². The first kappa shape index (κ1) is 11.2. The van der Waals surface area contributed by atoms with E-state index in [1.165, 1.54) is 12.8 Å². The third-order valence-electron chi connectivity index (χ3n) is 1.52. The summed E-state index contributed by atoms with van der Waals surface area (Å²) in [5, 5.41) is 0. The summed E-state index contributed by atoms with van der Waals surface area (Å²) in [7, 11) is 0. The zero-order valence-corrected chi connectivity index (χ0v) is 8.01. The van der Waals surface area contributed by atoms with E-state index in [4.69, 9.17) is 4.74 Å². The second-order valence-electron chi connectivity index (χ2n) is 2.65. The van der Waals surface area contributed by atoms with Crippen molar-refractivity contribution >= 4 is 5.97 Å². The van der Waals surface area contributed by atoms with E-state index >= 15 is 0 Å². The molecule has 0 aromatic rings. The largest absolute Gasteiger partial charge is 0.461 e. The average Bonchev–Trinajstić information content (AvgIpc) is 2.10. The minimum atomic E-state index is -0.129. The van der Waals surface area contributed by atoms with Crippen LogP contribution in [0.4, 0.5) is 0 Å². The van der Waals surface area contributed by atoms with E-state index in [2.05, 4.69) is 13.0 Å². The lowest BCUT2D eigenvalue weighted by Crippen LogP contribution is -2.01. The molecule has 0 atom stereocenters. The molecule has 0 aromatic carbocycles. The second kappa shape index (κ2) is 8.31. The maximum absolute atomic E-state index is 10.6. The highest BCUT2D eigenvalue weighted by Crippen LogP contribution is 1.94. The molecule has 70 valence electrons. The Hall–Kier alpha value is -0.790. The van der Waals surface area contributed by atoms with Gasteiger partial charge in [-0.1, -0.05) is 38.8 Å². The molecule has 0 saturated heterocycles. The fourth-order valence-corrected chi connectivity index (χ4v) is 0.751. The van der Waals surface area contributed by atoms with E-state index in [1.54, 1.807) is 6.92 Å². The molecular formula is C10H18O2. The number of rotatable bonds is 6. The maximum Gasteiger partial charge on any atom is 0.305 e. The number of carbonyl (C=O) groups excluding carboxylic acids is 1. The first-order chi connectivity index (χ1) is 5.81. The van der Waals surface area contributed by atoms with Gasteiger partial charge < -0.3 is 4.74 Å². The molecule has 0 radical (unpaired) electrons. The van der Waals surface area contributed by atoms with Crippen molar-refractivity contribution in [2.24, 2.45) is 0 Å². The van der Waals surface area contributed by atoms with Crippen LogP contribution in [0, 0.1) is 0 Å². The van der Waals surface area contributed by atoms with Crippen LogP contribution in [-0.4, -0.2) is 12.6 Å². The molecule has 0 aliphatic carbocycles. The summed E-state index contributed by atoms with van der Waals surface area (Å²) in [5.41, 5.74) is 0. The molecule has 0 amide bonds. The summed E-state index contributed by atoms with van der Waals surface area (Å²) in [6.07, 6.45) is 7.93. The Morgan fingerprint density at radius 3 is 2.67 bits per heavy atom. The number of unbranched alkanes of at least 4 members (excludes halogenated alkanes) is 2. The van der Waals surface area contributed by atoms with Crippen molar-refractivity contribution in [2.45, 2.75) is 39.5 Å². The van der Waals surface area contributed by atoms with Crippen molar-refractivity contribution in [3.63, 3.8) is 0 Å². The van der Waals surface area contributed by atoms with E-state index in [9.17, 15) is 4.79 Å². The molecular weight excluding hydrogens is 152 g/mol. The minimum absolute atomic E-state index is 0.129. The second-order valence-corrected chi connectivity index (χ2v) is 2.65. The van der Waals surface area contributed by atoms with Gasteiger partial charge in [0.15, 0.2) is 0 Å². The average molecular weight is 170 g/mol. The zero-order chi connectivity index (χ0) is 9.23. The van der Waals surface area contributed by atoms with Crippen LogP contribution < -0.4 is 0 Å². The highest BCUT2D eigenvalue weighted by atomic mass is 16.5. The first-order valence-corrected chi connectivity index (χ1v) is 4.61. The Labute approximate surface area is 74.6 Å². The Bertz CT molecular complexity index is 139. The zero-order valence-electron chi connectivity index (χ0n) is 8.01. The molecule has 2 heteroatoms. The number of ether oxygens (including phenoxy) is 1. The van der Waals surface area contributed by atoms with E-state index < -0.39 is 0 Å². The lowest BCUT2D eigenvalue weighted by Gasteiger charge is -1.96. The Morgan fingerprint density at radius 1 is 1.33 bits per heavy atom. The van der Waals surface area contributed by atoms with Gasteiger partial charge in [-0.25, -0.2) is 0 Å². The number of hydrogen-bond donors (Lipinski definition) is 0. The van der Waals surface area contributed by atoms with Crippen molar-refractivity contribution < 1.29 is 9.53 Å². The summed E-state index contributed by atoms with van der Waals surface area (Å²) in [6.45, 7) is 4.38. The van der Waals surface area contributed by atoms with E-state index in [-0.39, 0.29) is 5.97 Å². The number of hydrogen-bond acceptors (Lipinski definition) is 2. The SMILES string of the molecule is CCCC/C=C/COC(=O)CC. The molecule has 0 spiro atoms. The van der Waals surface area contributed by atoms with Gasteiger partial charge in [-0.3, -0.25) is 4.79 Å². The summed E-state index contributed by atoms with van der Waals surface area (Å²) >= 11 is 0. The van der Waals surface area contributed by atoms with Gasteiger partial charge in [0.05, 0.1) is 0 Å². The first-order valence-electron chi connectivity index (χ1n) is 4.61. The third-order valence-corrected chi connectivity index (χ3v) is 1.52. The van der Waals surface area contributed by atoms with Crippen LogP contribution in [0.2, 0.25) is 0 Å². The van der Waals surface area contributed by atoms with Crippen LogP contribution in [0.15, 0.2) is 12.2 Å². The van der Waals surface area contributed by atoms with Crippen LogP contribution in [0.25, 0.3) is 0 Å². The van der Waals surface area contributed by atoms with Gasteiger partial charge in [-0.15, -0.1) is 0 Å². The molecule has 0 N–H and O–H groups in total. The van der Waals surface area contributed by atoms with Gasteiger partial charge in [0.25, 0.3) is 0 Å². The molecule has 0 saturated carbocycles. The monoisotopic (exact) mass is 170 g/mol. The maximum atomic E-state index is 10.6. The van der Waals surface area contributed by atoms with Gasteiger partial charge in [-0.2, -0.15) is 0 Å². The van der Waals surface area contributed by atoms with Gasteiger partial charge in [0, 0.05) is 6.42 Å². The van der Waals surface area contributed by atoms with Crippen LogP contribution in [0.3, 0.4) is 0 Å². The summed E-state index contributed by atoms with van der Waals surface area (Å²) in [6, 6.07) is 0. The van der Waals surface area contributed by atoms with Crippen molar-refractivity contribution in [1.82, 2.24) is 0 Å². The topological polar surface area (TPSA) is 26.3 Å². The van der Waals surface area contributed by atoms with Crippen molar-refractivity contribution in [3.8, 4) is 0 Å². The highest BCUT2D eigenvalue weighted by Gasteiger charge is 1.93. The predicted octanol–water partition coefficient (Wildman–Crippen LogP) is 2.69. The Morgan fingerprint density at radius 2 is 2.08 bits per heavy atom. The Balaban J connectivity index is 3.18. The predicted molar refractivity (Wildman–Crippen MR) is 49.9 cm³/mol. The molecule has 0 fully saturated rings. The van der Waals surface area contributed by atoms with Crippen LogP contribution >= 0.6 is 0 Å². The number of carbonyl (C=O) groups is 1. The lowest BCUT2D eigenvalue weighted by molar-refractivity contribution is -0.141. The smallest absolute Gasteiger partial charge is 0.305 e. The van der Waals surface area contributed by atoms with Gasteiger partial charge >= 0.3 is 5.97 Å². The van der Waals surface area contributed by atoms with Crippen LogP contribution in [-0.2, 0) is 9.53 Å². The standard InChI is InChI=1S/C10H18O2/c1-3-5-6-7-8-9-12-10(11)4-2/h7-8H,3-6,9H2,1-2H3/b8-7+. The molecule has 0 bridgehead atoms. The fourth-order valence-electron chi connectivity index (χ4n) is 0.751. The van der Waals surface area contributed by atoms with Gasteiger partial charge in [0.1, 0.15) is 6.61 Å². The number of allylic oxidation sites excluding steroid dienone is 1. The molecule has 2 nitrogen and oxygen atoms in total. The molecule has 0 rings (SSSR count). The Kier molecular flexibility index (Phi) is 7.76. The number of esters is 1. The summed E-state index contributed by atoms with van der Waals surface area (Å²) in [4.78, 5) is 10.6. The molecule has 0 aliphatic rings.